The number of nitro benzene ring substituents is 1. The van der Waals surface area contributed by atoms with Crippen LogP contribution < -0.4 is 0 Å². The minimum Gasteiger partial charge on any atom is -0.289 e. The summed E-state index contributed by atoms with van der Waals surface area (Å²) in [5.41, 5.74) is 1.32. The van der Waals surface area contributed by atoms with Crippen LogP contribution in [0.2, 0.25) is 0 Å². The van der Waals surface area contributed by atoms with Gasteiger partial charge in [-0.05, 0) is 47.1 Å². The molecule has 19 heavy (non-hydrogen) atoms. The van der Waals surface area contributed by atoms with Crippen molar-refractivity contribution in [2.24, 2.45) is 0 Å². The van der Waals surface area contributed by atoms with Crippen LogP contribution in [0, 0.1) is 10.1 Å². The highest BCUT2D eigenvalue weighted by Crippen LogP contribution is 2.27. The molecule has 0 aliphatic heterocycles. The zero-order valence-corrected chi connectivity index (χ0v) is 12.7. The van der Waals surface area contributed by atoms with Crippen LogP contribution in [0.25, 0.3) is 0 Å². The second-order valence-electron chi connectivity index (χ2n) is 6.85. The molecule has 1 rings (SSSR count). The number of nitro groups is 1. The summed E-state index contributed by atoms with van der Waals surface area (Å²) in [7, 11) is 0. The van der Waals surface area contributed by atoms with Gasteiger partial charge in [0, 0.05) is 29.8 Å². The predicted octanol–water partition coefficient (Wildman–Crippen LogP) is 3.99. The van der Waals surface area contributed by atoms with Crippen LogP contribution in [0.15, 0.2) is 24.3 Å². The minimum atomic E-state index is -0.366. The molecule has 0 spiro atoms. The van der Waals surface area contributed by atoms with Crippen LogP contribution in [0.1, 0.15) is 47.1 Å². The molecule has 0 amide bonds. The molecule has 1 aromatic carbocycles. The van der Waals surface area contributed by atoms with Crippen LogP contribution in [0.5, 0.6) is 0 Å². The average molecular weight is 264 g/mol. The number of nitrogens with zero attached hydrogens (tertiary/aromatic N) is 2. The Kier molecular flexibility index (Phi) is 4.35. The van der Waals surface area contributed by atoms with Crippen molar-refractivity contribution in [3.05, 3.63) is 39.9 Å². The molecule has 0 N–H and O–H groups in total. The largest absolute Gasteiger partial charge is 0.289 e. The molecule has 0 aromatic heterocycles. The summed E-state index contributed by atoms with van der Waals surface area (Å²) >= 11 is 0. The topological polar surface area (TPSA) is 46.4 Å². The molecule has 0 atom stereocenters. The van der Waals surface area contributed by atoms with E-state index in [0.29, 0.717) is 0 Å². The van der Waals surface area contributed by atoms with Gasteiger partial charge in [-0.2, -0.15) is 0 Å². The molecule has 0 aliphatic rings. The molecular weight excluding hydrogens is 240 g/mol. The third kappa shape index (κ3) is 4.31. The van der Waals surface area contributed by atoms with Gasteiger partial charge >= 0.3 is 0 Å². The lowest BCUT2D eigenvalue weighted by Gasteiger charge is -2.45. The first-order valence-corrected chi connectivity index (χ1v) is 6.53. The van der Waals surface area contributed by atoms with Crippen molar-refractivity contribution >= 4 is 5.69 Å². The lowest BCUT2D eigenvalue weighted by Crippen LogP contribution is -2.51. The Bertz CT molecular complexity index is 425. The van der Waals surface area contributed by atoms with E-state index in [-0.39, 0.29) is 21.7 Å². The summed E-state index contributed by atoms with van der Waals surface area (Å²) in [4.78, 5) is 12.7. The van der Waals surface area contributed by atoms with Crippen LogP contribution >= 0.6 is 0 Å². The summed E-state index contributed by atoms with van der Waals surface area (Å²) < 4.78 is 0. The average Bonchev–Trinajstić information content (AvgIpc) is 2.23. The van der Waals surface area contributed by atoms with E-state index < -0.39 is 0 Å². The maximum Gasteiger partial charge on any atom is 0.269 e. The first-order valence-electron chi connectivity index (χ1n) is 6.53. The van der Waals surface area contributed by atoms with Crippen molar-refractivity contribution in [3.8, 4) is 0 Å². The van der Waals surface area contributed by atoms with Crippen molar-refractivity contribution in [2.45, 2.75) is 59.2 Å². The molecule has 0 fully saturated rings. The molecule has 1 aromatic rings. The van der Waals surface area contributed by atoms with Crippen molar-refractivity contribution < 1.29 is 4.92 Å². The lowest BCUT2D eigenvalue weighted by molar-refractivity contribution is -0.384. The van der Waals surface area contributed by atoms with E-state index in [1.807, 2.05) is 12.1 Å². The van der Waals surface area contributed by atoms with E-state index in [1.54, 1.807) is 12.1 Å². The highest BCUT2D eigenvalue weighted by Gasteiger charge is 2.31. The maximum absolute atomic E-state index is 10.6. The Morgan fingerprint density at radius 2 is 1.42 bits per heavy atom. The number of rotatable bonds is 3. The van der Waals surface area contributed by atoms with Gasteiger partial charge in [0.25, 0.3) is 5.69 Å². The van der Waals surface area contributed by atoms with E-state index in [1.165, 1.54) is 0 Å². The maximum atomic E-state index is 10.6. The molecule has 106 valence electrons. The van der Waals surface area contributed by atoms with E-state index in [4.69, 9.17) is 0 Å². The summed E-state index contributed by atoms with van der Waals surface area (Å²) in [6.07, 6.45) is 0. The van der Waals surface area contributed by atoms with Crippen molar-refractivity contribution in [1.29, 1.82) is 0 Å². The second kappa shape index (κ2) is 5.29. The molecule has 4 heteroatoms. The van der Waals surface area contributed by atoms with E-state index in [2.05, 4.69) is 46.4 Å². The molecule has 0 heterocycles. The summed E-state index contributed by atoms with van der Waals surface area (Å²) in [5.74, 6) is 0. The summed E-state index contributed by atoms with van der Waals surface area (Å²) in [5, 5.41) is 10.6. The van der Waals surface area contributed by atoms with Gasteiger partial charge in [-0.1, -0.05) is 12.1 Å². The molecule has 0 unspecified atom stereocenters. The smallest absolute Gasteiger partial charge is 0.269 e. The van der Waals surface area contributed by atoms with Gasteiger partial charge in [0.1, 0.15) is 0 Å². The third-order valence-corrected chi connectivity index (χ3v) is 3.11. The molecular formula is C15H24N2O2. The standard InChI is InChI=1S/C15H24N2O2/c1-14(2,3)16(15(4,5)6)11-12-7-9-13(10-8-12)17(18)19/h7-10H,11H2,1-6H3. The monoisotopic (exact) mass is 264 g/mol. The molecule has 0 saturated carbocycles. The van der Waals surface area contributed by atoms with Gasteiger partial charge < -0.3 is 0 Å². The normalized spacial score (nSPS) is 12.8. The van der Waals surface area contributed by atoms with Crippen molar-refractivity contribution in [1.82, 2.24) is 4.90 Å². The fourth-order valence-electron chi connectivity index (χ4n) is 2.39. The Morgan fingerprint density at radius 3 is 1.74 bits per heavy atom. The summed E-state index contributed by atoms with van der Waals surface area (Å²) in [6, 6.07) is 6.81. The van der Waals surface area contributed by atoms with Crippen LogP contribution in [0.4, 0.5) is 5.69 Å². The Hall–Kier alpha value is -1.42. The highest BCUT2D eigenvalue weighted by molar-refractivity contribution is 5.33. The zero-order valence-electron chi connectivity index (χ0n) is 12.7. The van der Waals surface area contributed by atoms with Gasteiger partial charge in [0.05, 0.1) is 4.92 Å². The molecule has 4 nitrogen and oxygen atoms in total. The van der Waals surface area contributed by atoms with Crippen LogP contribution in [-0.2, 0) is 6.54 Å². The number of hydrogen-bond donors (Lipinski definition) is 0. The molecule has 0 aliphatic carbocycles. The fourth-order valence-corrected chi connectivity index (χ4v) is 2.39. The van der Waals surface area contributed by atoms with Crippen LogP contribution in [0.3, 0.4) is 0 Å². The minimum absolute atomic E-state index is 0.0417. The van der Waals surface area contributed by atoms with Crippen molar-refractivity contribution in [2.75, 3.05) is 0 Å². The Morgan fingerprint density at radius 1 is 1.00 bits per heavy atom. The molecule has 0 saturated heterocycles. The number of benzene rings is 1. The molecule has 0 radical (unpaired) electrons. The number of hydrogen-bond acceptors (Lipinski definition) is 3. The van der Waals surface area contributed by atoms with E-state index in [0.717, 1.165) is 12.1 Å². The van der Waals surface area contributed by atoms with E-state index >= 15 is 0 Å². The quantitative estimate of drug-likeness (QED) is 0.612. The van der Waals surface area contributed by atoms with Gasteiger partial charge in [0.15, 0.2) is 0 Å². The van der Waals surface area contributed by atoms with Gasteiger partial charge in [-0.3, -0.25) is 15.0 Å². The Balaban J connectivity index is 2.95. The zero-order chi connectivity index (χ0) is 14.8. The first kappa shape index (κ1) is 15.6. The summed E-state index contributed by atoms with van der Waals surface area (Å²) in [6.45, 7) is 13.9. The SMILES string of the molecule is CC(C)(C)N(Cc1ccc([N+](=O)[O-])cc1)C(C)(C)C. The third-order valence-electron chi connectivity index (χ3n) is 3.11. The highest BCUT2D eigenvalue weighted by atomic mass is 16.6. The fraction of sp³-hybridized carbons (Fsp3) is 0.600. The lowest BCUT2D eigenvalue weighted by atomic mass is 9.95. The number of non-ortho nitro benzene ring substituents is 1. The van der Waals surface area contributed by atoms with Gasteiger partial charge in [-0.25, -0.2) is 0 Å². The van der Waals surface area contributed by atoms with Gasteiger partial charge in [0.2, 0.25) is 0 Å². The van der Waals surface area contributed by atoms with E-state index in [9.17, 15) is 10.1 Å². The van der Waals surface area contributed by atoms with Crippen molar-refractivity contribution in [3.63, 3.8) is 0 Å². The predicted molar refractivity (Wildman–Crippen MR) is 78.1 cm³/mol. The molecule has 0 bridgehead atoms. The van der Waals surface area contributed by atoms with Crippen LogP contribution in [-0.4, -0.2) is 20.9 Å². The first-order chi connectivity index (χ1) is 8.51. The van der Waals surface area contributed by atoms with Gasteiger partial charge in [-0.15, -0.1) is 0 Å². The second-order valence-corrected chi connectivity index (χ2v) is 6.85. The Labute approximate surface area is 115 Å².